The number of nitrogens with two attached hydrogens (primary N) is 2. The summed E-state index contributed by atoms with van der Waals surface area (Å²) in [5.41, 5.74) is 11.7. The van der Waals surface area contributed by atoms with Crippen molar-refractivity contribution in [2.45, 2.75) is 32.4 Å². The lowest BCUT2D eigenvalue weighted by Gasteiger charge is -2.21. The summed E-state index contributed by atoms with van der Waals surface area (Å²) in [5.74, 6) is -1.10. The van der Waals surface area contributed by atoms with Crippen molar-refractivity contribution >= 4 is 5.96 Å². The molecule has 5 nitrogen and oxygen atoms in total. The summed E-state index contributed by atoms with van der Waals surface area (Å²) in [6, 6.07) is 2.46. The Balaban J connectivity index is 2.62. The Morgan fingerprint density at radius 2 is 1.96 bits per heavy atom. The minimum absolute atomic E-state index is 0.0139. The molecule has 6 N–H and O–H groups in total. The van der Waals surface area contributed by atoms with Gasteiger partial charge in [0.05, 0.1) is 6.04 Å². The zero-order valence-electron chi connectivity index (χ0n) is 13.9. The van der Waals surface area contributed by atoms with Crippen LogP contribution in [0.3, 0.4) is 0 Å². The van der Waals surface area contributed by atoms with Crippen molar-refractivity contribution < 1.29 is 8.78 Å². The fourth-order valence-corrected chi connectivity index (χ4v) is 2.23. The molecule has 0 spiro atoms. The highest BCUT2D eigenvalue weighted by molar-refractivity contribution is 5.75. The quantitative estimate of drug-likeness (QED) is 0.299. The normalized spacial score (nSPS) is 11.5. The van der Waals surface area contributed by atoms with E-state index < -0.39 is 11.6 Å². The molecule has 24 heavy (non-hydrogen) atoms. The van der Waals surface area contributed by atoms with Gasteiger partial charge in [-0.05, 0) is 43.7 Å². The second kappa shape index (κ2) is 9.54. The SMILES string of the molecule is C=CNC(CCCN=C(N)N)C(=C)NCc1c(F)cc(C)cc1F. The topological polar surface area (TPSA) is 88.5 Å². The van der Waals surface area contributed by atoms with Gasteiger partial charge in [0.15, 0.2) is 5.96 Å². The number of aryl methyl sites for hydroxylation is 1. The molecule has 0 fully saturated rings. The van der Waals surface area contributed by atoms with Gasteiger partial charge in [0.2, 0.25) is 0 Å². The van der Waals surface area contributed by atoms with Gasteiger partial charge in [0.1, 0.15) is 11.6 Å². The molecule has 0 aromatic heterocycles. The molecule has 0 radical (unpaired) electrons. The highest BCUT2D eigenvalue weighted by Gasteiger charge is 2.14. The van der Waals surface area contributed by atoms with Crippen LogP contribution in [0.25, 0.3) is 0 Å². The maximum Gasteiger partial charge on any atom is 0.185 e. The number of guanidine groups is 1. The van der Waals surface area contributed by atoms with Gasteiger partial charge in [0, 0.05) is 24.4 Å². The monoisotopic (exact) mass is 337 g/mol. The predicted octanol–water partition coefficient (Wildman–Crippen LogP) is 2.03. The van der Waals surface area contributed by atoms with Crippen molar-refractivity contribution in [3.63, 3.8) is 0 Å². The highest BCUT2D eigenvalue weighted by Crippen LogP contribution is 2.16. The summed E-state index contributed by atoms with van der Waals surface area (Å²) < 4.78 is 27.7. The first-order chi connectivity index (χ1) is 11.3. The summed E-state index contributed by atoms with van der Waals surface area (Å²) in [6.45, 7) is 9.70. The lowest BCUT2D eigenvalue weighted by Crippen LogP contribution is -2.33. The van der Waals surface area contributed by atoms with Crippen LogP contribution in [0.5, 0.6) is 0 Å². The fraction of sp³-hybridized carbons (Fsp3) is 0.353. The predicted molar refractivity (Wildman–Crippen MR) is 94.1 cm³/mol. The molecule has 1 atom stereocenters. The van der Waals surface area contributed by atoms with Gasteiger partial charge in [-0.1, -0.05) is 13.2 Å². The molecule has 1 rings (SSSR count). The van der Waals surface area contributed by atoms with E-state index in [1.165, 1.54) is 12.1 Å². The third-order valence-corrected chi connectivity index (χ3v) is 3.46. The standard InChI is InChI=1S/C17H25F2N5/c1-4-22-16(6-5-7-23-17(20)21)12(3)24-10-13-14(18)8-11(2)9-15(13)19/h4,8-9,16,22,24H,1,3,5-7,10H2,2H3,(H4,20,21,23). The molecule has 7 heteroatoms. The smallest absolute Gasteiger partial charge is 0.185 e. The molecule has 0 aliphatic heterocycles. The first-order valence-electron chi connectivity index (χ1n) is 7.64. The largest absolute Gasteiger partial charge is 0.383 e. The molecule has 0 amide bonds. The average Bonchev–Trinajstić information content (AvgIpc) is 2.48. The molecular weight excluding hydrogens is 312 g/mol. The van der Waals surface area contributed by atoms with Crippen molar-refractivity contribution in [2.75, 3.05) is 6.54 Å². The van der Waals surface area contributed by atoms with Gasteiger partial charge in [-0.3, -0.25) is 4.99 Å². The van der Waals surface area contributed by atoms with Gasteiger partial charge < -0.3 is 22.1 Å². The molecule has 1 unspecified atom stereocenters. The molecule has 0 bridgehead atoms. The van der Waals surface area contributed by atoms with Gasteiger partial charge in [0.25, 0.3) is 0 Å². The third kappa shape index (κ3) is 6.28. The summed E-state index contributed by atoms with van der Waals surface area (Å²) in [6.07, 6.45) is 2.95. The van der Waals surface area contributed by atoms with Gasteiger partial charge in [-0.15, -0.1) is 0 Å². The van der Waals surface area contributed by atoms with Crippen LogP contribution in [0.2, 0.25) is 0 Å². The number of halogens is 2. The summed E-state index contributed by atoms with van der Waals surface area (Å²) in [4.78, 5) is 3.91. The number of aliphatic imine (C=N–C) groups is 1. The lowest BCUT2D eigenvalue weighted by atomic mass is 10.1. The van der Waals surface area contributed by atoms with Crippen LogP contribution in [0.15, 0.2) is 42.2 Å². The molecule has 1 aromatic carbocycles. The number of benzene rings is 1. The van der Waals surface area contributed by atoms with E-state index in [4.69, 9.17) is 11.5 Å². The molecular formula is C17H25F2N5. The van der Waals surface area contributed by atoms with Gasteiger partial charge in [-0.25, -0.2) is 8.78 Å². The van der Waals surface area contributed by atoms with Crippen molar-refractivity contribution in [3.8, 4) is 0 Å². The van der Waals surface area contributed by atoms with E-state index in [0.29, 0.717) is 24.2 Å². The molecule has 0 aliphatic rings. The summed E-state index contributed by atoms with van der Waals surface area (Å²) >= 11 is 0. The minimum Gasteiger partial charge on any atom is -0.383 e. The van der Waals surface area contributed by atoms with Gasteiger partial charge >= 0.3 is 0 Å². The van der Waals surface area contributed by atoms with E-state index in [9.17, 15) is 8.78 Å². The van der Waals surface area contributed by atoms with Crippen LogP contribution in [0.4, 0.5) is 8.78 Å². The molecule has 0 saturated heterocycles. The highest BCUT2D eigenvalue weighted by atomic mass is 19.1. The van der Waals surface area contributed by atoms with E-state index in [0.717, 1.165) is 6.42 Å². The Kier molecular flexibility index (Phi) is 7.74. The number of nitrogens with one attached hydrogen (secondary N) is 2. The second-order valence-electron chi connectivity index (χ2n) is 5.46. The van der Waals surface area contributed by atoms with Crippen molar-refractivity contribution in [1.29, 1.82) is 0 Å². The molecule has 0 heterocycles. The third-order valence-electron chi connectivity index (χ3n) is 3.46. The van der Waals surface area contributed by atoms with E-state index in [1.54, 1.807) is 13.1 Å². The number of rotatable bonds is 10. The van der Waals surface area contributed by atoms with Crippen molar-refractivity contribution in [1.82, 2.24) is 10.6 Å². The first kappa shape index (κ1) is 19.5. The molecule has 0 saturated carbocycles. The average molecular weight is 337 g/mol. The van der Waals surface area contributed by atoms with Crippen LogP contribution in [0, 0.1) is 18.6 Å². The maximum absolute atomic E-state index is 13.9. The Labute approximate surface area is 141 Å². The van der Waals surface area contributed by atoms with Crippen LogP contribution in [0.1, 0.15) is 24.0 Å². The zero-order chi connectivity index (χ0) is 18.1. The second-order valence-corrected chi connectivity index (χ2v) is 5.46. The van der Waals surface area contributed by atoms with Crippen LogP contribution < -0.4 is 22.1 Å². The number of hydrogen-bond donors (Lipinski definition) is 4. The molecule has 132 valence electrons. The van der Waals surface area contributed by atoms with Crippen molar-refractivity contribution in [3.05, 3.63) is 59.9 Å². The minimum atomic E-state index is -0.575. The van der Waals surface area contributed by atoms with E-state index in [2.05, 4.69) is 28.8 Å². The Morgan fingerprint density at radius 1 is 1.33 bits per heavy atom. The van der Waals surface area contributed by atoms with E-state index in [1.807, 2.05) is 0 Å². The van der Waals surface area contributed by atoms with Crippen LogP contribution in [-0.2, 0) is 6.54 Å². The number of hydrogen-bond acceptors (Lipinski definition) is 3. The Hall–Kier alpha value is -2.57. The Bertz CT molecular complexity index is 586. The molecule has 1 aromatic rings. The zero-order valence-corrected chi connectivity index (χ0v) is 13.9. The fourth-order valence-electron chi connectivity index (χ4n) is 2.23. The van der Waals surface area contributed by atoms with Crippen molar-refractivity contribution in [2.24, 2.45) is 16.5 Å². The Morgan fingerprint density at radius 3 is 2.50 bits per heavy atom. The first-order valence-corrected chi connectivity index (χ1v) is 7.64. The van der Waals surface area contributed by atoms with E-state index in [-0.39, 0.29) is 24.1 Å². The van der Waals surface area contributed by atoms with Gasteiger partial charge in [-0.2, -0.15) is 0 Å². The van der Waals surface area contributed by atoms with Crippen LogP contribution in [-0.4, -0.2) is 18.5 Å². The lowest BCUT2D eigenvalue weighted by molar-refractivity contribution is 0.520. The maximum atomic E-state index is 13.9. The van der Waals surface area contributed by atoms with Crippen LogP contribution >= 0.6 is 0 Å². The molecule has 0 aliphatic carbocycles. The number of nitrogens with zero attached hydrogens (tertiary/aromatic N) is 1. The summed E-state index contributed by atoms with van der Waals surface area (Å²) in [7, 11) is 0. The summed E-state index contributed by atoms with van der Waals surface area (Å²) in [5, 5.41) is 6.01. The van der Waals surface area contributed by atoms with E-state index >= 15 is 0 Å².